The zero-order valence-electron chi connectivity index (χ0n) is 7.02. The summed E-state index contributed by atoms with van der Waals surface area (Å²) >= 11 is 1.33. The predicted octanol–water partition coefficient (Wildman–Crippen LogP) is 1.51. The van der Waals surface area contributed by atoms with E-state index >= 15 is 0 Å². The van der Waals surface area contributed by atoms with Crippen molar-refractivity contribution in [2.45, 2.75) is 26.6 Å². The molecule has 0 atom stereocenters. The quantitative estimate of drug-likeness (QED) is 0.545. The summed E-state index contributed by atoms with van der Waals surface area (Å²) in [5, 5.41) is 0. The van der Waals surface area contributed by atoms with Crippen molar-refractivity contribution >= 4 is 11.7 Å². The van der Waals surface area contributed by atoms with Crippen LogP contribution >= 0.6 is 0 Å². The molecule has 0 unspecified atom stereocenters. The molecule has 0 aromatic rings. The van der Waals surface area contributed by atoms with Crippen molar-refractivity contribution in [2.75, 3.05) is 6.79 Å². The molecule has 0 saturated carbocycles. The van der Waals surface area contributed by atoms with E-state index in [0.717, 1.165) is 3.39 Å². The fourth-order valence-electron chi connectivity index (χ4n) is 0.295. The van der Waals surface area contributed by atoms with E-state index in [1.807, 2.05) is 6.92 Å². The molecule has 0 aromatic carbocycles. The van der Waals surface area contributed by atoms with E-state index < -0.39 is 8.32 Å². The van der Waals surface area contributed by atoms with Gasteiger partial charge in [-0.05, 0) is 0 Å². The molecule has 0 aliphatic carbocycles. The average Bonchev–Trinajstić information content (AvgIpc) is 1.59. The normalized spacial score (nSPS) is 11.8. The van der Waals surface area contributed by atoms with Gasteiger partial charge in [-0.15, -0.1) is 0 Å². The molecule has 0 amide bonds. The van der Waals surface area contributed by atoms with Crippen molar-refractivity contribution < 1.29 is 33.4 Å². The molecule has 0 bridgehead atoms. The van der Waals surface area contributed by atoms with Crippen LogP contribution in [0.5, 0.6) is 0 Å². The molecule has 0 spiro atoms. The van der Waals surface area contributed by atoms with Gasteiger partial charge in [-0.3, -0.25) is 0 Å². The van der Waals surface area contributed by atoms with Crippen LogP contribution in [0.15, 0.2) is 0 Å². The third-order valence-electron chi connectivity index (χ3n) is 0.767. The van der Waals surface area contributed by atoms with Gasteiger partial charge in [0.05, 0.1) is 0 Å². The van der Waals surface area contributed by atoms with Gasteiger partial charge in [0.25, 0.3) is 0 Å². The van der Waals surface area contributed by atoms with Crippen molar-refractivity contribution in [3.05, 3.63) is 0 Å². The third-order valence-corrected chi connectivity index (χ3v) is 2.11. The zero-order valence-corrected chi connectivity index (χ0v) is 10.5. The Morgan fingerprint density at radius 2 is 1.90 bits per heavy atom. The summed E-state index contributed by atoms with van der Waals surface area (Å²) < 4.78 is 11.7. The fourth-order valence-corrected chi connectivity index (χ4v) is 0.852. The van der Waals surface area contributed by atoms with Crippen LogP contribution in [0.4, 0.5) is 0 Å². The summed E-state index contributed by atoms with van der Waals surface area (Å²) in [5.41, 5.74) is 0. The molecule has 10 heavy (non-hydrogen) atoms. The van der Waals surface area contributed by atoms with Crippen LogP contribution in [0.1, 0.15) is 6.92 Å². The second kappa shape index (κ2) is 4.70. The van der Waals surface area contributed by atoms with Crippen LogP contribution in [-0.2, 0) is 33.4 Å². The van der Waals surface area contributed by atoms with Gasteiger partial charge in [-0.1, -0.05) is 0 Å². The molecule has 0 heterocycles. The van der Waals surface area contributed by atoms with E-state index in [-0.39, 0.29) is 0 Å². The molecule has 0 rings (SSSR count). The molecule has 0 saturated heterocycles. The van der Waals surface area contributed by atoms with Gasteiger partial charge in [0, 0.05) is 0 Å². The van der Waals surface area contributed by atoms with E-state index in [9.17, 15) is 0 Å². The van der Waals surface area contributed by atoms with Crippen molar-refractivity contribution in [1.29, 1.82) is 0 Å². The Labute approximate surface area is 78.4 Å². The topological polar surface area (TPSA) is 18.5 Å². The number of ether oxygens (including phenoxy) is 1. The monoisotopic (exact) mass is 236 g/mol. The van der Waals surface area contributed by atoms with E-state index in [2.05, 4.69) is 19.6 Å². The van der Waals surface area contributed by atoms with E-state index in [1.165, 1.54) is 24.2 Å². The first-order valence-corrected chi connectivity index (χ1v) is 7.87. The minimum absolute atomic E-state index is 0.437. The summed E-state index contributed by atoms with van der Waals surface area (Å²) in [7, 11) is -1.35. The summed E-state index contributed by atoms with van der Waals surface area (Å²) in [5.74, 6) is 0. The minimum atomic E-state index is -1.35. The number of hydrogen-bond donors (Lipinski definition) is 0. The van der Waals surface area contributed by atoms with Crippen LogP contribution in [0.25, 0.3) is 0 Å². The summed E-state index contributed by atoms with van der Waals surface area (Å²) in [4.78, 5) is 0. The van der Waals surface area contributed by atoms with Gasteiger partial charge in [-0.25, -0.2) is 0 Å². The van der Waals surface area contributed by atoms with Gasteiger partial charge in [0.1, 0.15) is 0 Å². The molecular formula is C6H14O2SiZr+2. The maximum atomic E-state index is 5.45. The first-order valence-electron chi connectivity index (χ1n) is 3.24. The van der Waals surface area contributed by atoms with E-state index in [1.54, 1.807) is 0 Å². The van der Waals surface area contributed by atoms with Crippen LogP contribution in [-0.4, -0.2) is 18.5 Å². The Morgan fingerprint density at radius 3 is 2.20 bits per heavy atom. The average molecular weight is 237 g/mol. The number of rotatable bonds is 4. The zero-order chi connectivity index (χ0) is 8.20. The first kappa shape index (κ1) is 10.9. The first-order chi connectivity index (χ1) is 4.42. The van der Waals surface area contributed by atoms with Crippen LogP contribution in [0.3, 0.4) is 0 Å². The van der Waals surface area contributed by atoms with Gasteiger partial charge in [0.15, 0.2) is 0 Å². The van der Waals surface area contributed by atoms with Crippen molar-refractivity contribution in [3.63, 3.8) is 0 Å². The molecule has 0 fully saturated rings. The second-order valence-corrected chi connectivity index (χ2v) is 9.32. The second-order valence-electron chi connectivity index (χ2n) is 3.08. The van der Waals surface area contributed by atoms with E-state index in [0.29, 0.717) is 6.79 Å². The predicted molar refractivity (Wildman–Crippen MR) is 41.1 cm³/mol. The molecular weight excluding hydrogens is 223 g/mol. The Hall–Kier alpha value is 0.890. The van der Waals surface area contributed by atoms with E-state index in [4.69, 9.17) is 9.16 Å². The summed E-state index contributed by atoms with van der Waals surface area (Å²) in [6.45, 7) is 8.84. The maximum absolute atomic E-state index is 5.45. The third kappa shape index (κ3) is 8.89. The van der Waals surface area contributed by atoms with Crippen molar-refractivity contribution in [3.8, 4) is 0 Å². The molecule has 2 nitrogen and oxygen atoms in total. The van der Waals surface area contributed by atoms with Crippen LogP contribution < -0.4 is 0 Å². The fraction of sp³-hybridized carbons (Fsp3) is 0.833. The molecule has 0 radical (unpaired) electrons. The molecule has 56 valence electrons. The molecule has 0 aliphatic rings. The molecule has 0 N–H and O–H groups in total. The van der Waals surface area contributed by atoms with Gasteiger partial charge in [0.2, 0.25) is 0 Å². The van der Waals surface area contributed by atoms with Gasteiger partial charge < -0.3 is 0 Å². The van der Waals surface area contributed by atoms with Crippen molar-refractivity contribution in [1.82, 2.24) is 0 Å². The summed E-state index contributed by atoms with van der Waals surface area (Å²) in [6, 6.07) is 0. The standard InChI is InChI=1S/C6H14O2Si.Zr/c1-5-7-6-8-9(2,3)4;/h6H2,1-4H3;/q;+2. The summed E-state index contributed by atoms with van der Waals surface area (Å²) in [6.07, 6.45) is 0. The SMILES string of the molecule is C[C](=[Zr+2])OCO[Si](C)(C)C. The van der Waals surface area contributed by atoms with Crippen molar-refractivity contribution in [2.24, 2.45) is 0 Å². The van der Waals surface area contributed by atoms with Crippen LogP contribution in [0.2, 0.25) is 19.6 Å². The molecule has 4 heteroatoms. The van der Waals surface area contributed by atoms with Gasteiger partial charge >= 0.3 is 78.5 Å². The Bertz CT molecular complexity index is 119. The number of hydrogen-bond acceptors (Lipinski definition) is 2. The molecule has 0 aliphatic heterocycles. The van der Waals surface area contributed by atoms with Crippen LogP contribution in [0, 0.1) is 0 Å². The van der Waals surface area contributed by atoms with Gasteiger partial charge in [-0.2, -0.15) is 0 Å². The molecule has 0 aromatic heterocycles. The Balaban J connectivity index is 3.29. The Kier molecular flexibility index (Phi) is 5.12. The Morgan fingerprint density at radius 1 is 1.40 bits per heavy atom.